The minimum Gasteiger partial charge on any atom is -0.496 e. The molecule has 0 saturated carbocycles. The van der Waals surface area contributed by atoms with Crippen molar-refractivity contribution in [2.75, 3.05) is 7.11 Å². The minimum absolute atomic E-state index is 0.436. The van der Waals surface area contributed by atoms with Gasteiger partial charge < -0.3 is 4.74 Å². The fourth-order valence-corrected chi connectivity index (χ4v) is 1.35. The molecule has 74 valence electrons. The number of allylic oxidation sites excluding steroid dienone is 1. The number of ether oxygens (including phenoxy) is 1. The molecule has 0 N–H and O–H groups in total. The maximum absolute atomic E-state index is 10.2. The van der Waals surface area contributed by atoms with Crippen molar-refractivity contribution in [1.82, 2.24) is 0 Å². The van der Waals surface area contributed by atoms with Crippen LogP contribution < -0.4 is 4.74 Å². The molecule has 14 heavy (non-hydrogen) atoms. The third-order valence-electron chi connectivity index (χ3n) is 1.88. The lowest BCUT2D eigenvalue weighted by atomic mass is 10.1. The predicted molar refractivity (Wildman–Crippen MR) is 57.6 cm³/mol. The second-order valence-corrected chi connectivity index (χ2v) is 3.24. The monoisotopic (exact) mass is 210 g/mol. The highest BCUT2D eigenvalue weighted by molar-refractivity contribution is 6.49. The molecule has 0 atom stereocenters. The number of halogens is 1. The first-order valence-electron chi connectivity index (χ1n) is 4.15. The lowest BCUT2D eigenvalue weighted by Crippen LogP contribution is -1.88. The Morgan fingerprint density at radius 1 is 1.50 bits per heavy atom. The van der Waals surface area contributed by atoms with Crippen molar-refractivity contribution >= 4 is 22.9 Å². The Hall–Kier alpha value is -1.28. The van der Waals surface area contributed by atoms with Gasteiger partial charge in [-0.25, -0.2) is 0 Å². The molecule has 0 heterocycles. The van der Waals surface area contributed by atoms with Crippen LogP contribution in [0.2, 0.25) is 0 Å². The molecule has 0 aliphatic rings. The summed E-state index contributed by atoms with van der Waals surface area (Å²) in [5.41, 5.74) is 1.81. The number of methoxy groups -OCH3 is 1. The zero-order valence-corrected chi connectivity index (χ0v) is 8.84. The standard InChI is InChI=1S/C11H11ClO2/c1-8-7-9(10(12)5-6-13)3-4-11(8)14-2/h3-7H,1-2H3/b10-5-. The Bertz CT molecular complexity index is 370. The van der Waals surface area contributed by atoms with Crippen molar-refractivity contribution in [3.8, 4) is 5.75 Å². The van der Waals surface area contributed by atoms with Crippen LogP contribution in [0.4, 0.5) is 0 Å². The first-order chi connectivity index (χ1) is 6.69. The SMILES string of the molecule is COc1ccc(/C(Cl)=C/C=O)cc1C. The van der Waals surface area contributed by atoms with E-state index in [1.165, 1.54) is 6.08 Å². The molecular formula is C11H11ClO2. The molecule has 2 nitrogen and oxygen atoms in total. The predicted octanol–water partition coefficient (Wildman–Crippen LogP) is 2.78. The normalized spacial score (nSPS) is 11.2. The van der Waals surface area contributed by atoms with Crippen LogP contribution in [-0.2, 0) is 4.79 Å². The number of rotatable bonds is 3. The van der Waals surface area contributed by atoms with Crippen LogP contribution in [0, 0.1) is 6.92 Å². The smallest absolute Gasteiger partial charge is 0.144 e. The molecule has 0 aliphatic carbocycles. The second kappa shape index (κ2) is 4.82. The zero-order valence-electron chi connectivity index (χ0n) is 8.08. The lowest BCUT2D eigenvalue weighted by molar-refractivity contribution is -0.104. The summed E-state index contributed by atoms with van der Waals surface area (Å²) in [5.74, 6) is 0.810. The van der Waals surface area contributed by atoms with E-state index in [0.29, 0.717) is 11.3 Å². The number of carbonyl (C=O) groups is 1. The maximum atomic E-state index is 10.2. The molecule has 0 bridgehead atoms. The molecule has 0 spiro atoms. The van der Waals surface area contributed by atoms with Gasteiger partial charge in [0, 0.05) is 0 Å². The van der Waals surface area contributed by atoms with Crippen molar-refractivity contribution < 1.29 is 9.53 Å². The van der Waals surface area contributed by atoms with Crippen LogP contribution in [-0.4, -0.2) is 13.4 Å². The van der Waals surface area contributed by atoms with E-state index in [9.17, 15) is 4.79 Å². The van der Waals surface area contributed by atoms with Crippen molar-refractivity contribution in [2.24, 2.45) is 0 Å². The van der Waals surface area contributed by atoms with E-state index in [1.807, 2.05) is 25.1 Å². The second-order valence-electron chi connectivity index (χ2n) is 2.84. The van der Waals surface area contributed by atoms with Crippen molar-refractivity contribution in [1.29, 1.82) is 0 Å². The molecule has 1 rings (SSSR count). The van der Waals surface area contributed by atoms with Gasteiger partial charge in [0.15, 0.2) is 0 Å². The summed E-state index contributed by atoms with van der Waals surface area (Å²) in [7, 11) is 1.62. The van der Waals surface area contributed by atoms with Gasteiger partial charge in [-0.2, -0.15) is 0 Å². The molecule has 0 radical (unpaired) electrons. The summed E-state index contributed by atoms with van der Waals surface area (Å²) >= 11 is 5.86. The first kappa shape index (κ1) is 10.8. The van der Waals surface area contributed by atoms with Gasteiger partial charge in [0.2, 0.25) is 0 Å². The van der Waals surface area contributed by atoms with E-state index < -0.39 is 0 Å². The van der Waals surface area contributed by atoms with Crippen molar-refractivity contribution in [3.05, 3.63) is 35.4 Å². The lowest BCUT2D eigenvalue weighted by Gasteiger charge is -2.06. The van der Waals surface area contributed by atoms with Crippen LogP contribution in [0.5, 0.6) is 5.75 Å². The van der Waals surface area contributed by atoms with E-state index >= 15 is 0 Å². The van der Waals surface area contributed by atoms with E-state index in [0.717, 1.165) is 16.9 Å². The number of hydrogen-bond acceptors (Lipinski definition) is 2. The van der Waals surface area contributed by atoms with Gasteiger partial charge in [0.1, 0.15) is 12.0 Å². The summed E-state index contributed by atoms with van der Waals surface area (Å²) < 4.78 is 5.11. The number of hydrogen-bond donors (Lipinski definition) is 0. The van der Waals surface area contributed by atoms with Crippen molar-refractivity contribution in [3.63, 3.8) is 0 Å². The largest absolute Gasteiger partial charge is 0.496 e. The summed E-state index contributed by atoms with van der Waals surface area (Å²) in [4.78, 5) is 10.2. The van der Waals surface area contributed by atoms with Gasteiger partial charge in [-0.3, -0.25) is 4.79 Å². The van der Waals surface area contributed by atoms with E-state index in [1.54, 1.807) is 7.11 Å². The van der Waals surface area contributed by atoms with Crippen LogP contribution in [0.25, 0.3) is 5.03 Å². The molecule has 0 fully saturated rings. The van der Waals surface area contributed by atoms with Gasteiger partial charge in [0.05, 0.1) is 12.1 Å². The van der Waals surface area contributed by atoms with Gasteiger partial charge in [0.25, 0.3) is 0 Å². The number of aldehydes is 1. The van der Waals surface area contributed by atoms with Gasteiger partial charge in [-0.05, 0) is 42.3 Å². The average Bonchev–Trinajstić information content (AvgIpc) is 2.18. The highest BCUT2D eigenvalue weighted by Crippen LogP contribution is 2.24. The van der Waals surface area contributed by atoms with Crippen molar-refractivity contribution in [2.45, 2.75) is 6.92 Å². The van der Waals surface area contributed by atoms with Gasteiger partial charge in [-0.1, -0.05) is 11.6 Å². The Kier molecular flexibility index (Phi) is 3.72. The number of carbonyl (C=O) groups excluding carboxylic acids is 1. The maximum Gasteiger partial charge on any atom is 0.144 e. The molecule has 0 unspecified atom stereocenters. The third kappa shape index (κ3) is 2.36. The fraction of sp³-hybridized carbons (Fsp3) is 0.182. The Morgan fingerprint density at radius 3 is 2.71 bits per heavy atom. The fourth-order valence-electron chi connectivity index (χ4n) is 1.18. The Balaban J connectivity index is 3.08. The molecule has 0 aromatic heterocycles. The molecule has 0 aliphatic heterocycles. The van der Waals surface area contributed by atoms with Crippen LogP contribution >= 0.6 is 11.6 Å². The summed E-state index contributed by atoms with van der Waals surface area (Å²) in [5, 5.41) is 0.436. The van der Waals surface area contributed by atoms with Crippen LogP contribution in [0.3, 0.4) is 0 Å². The quantitative estimate of drug-likeness (QED) is 0.567. The highest BCUT2D eigenvalue weighted by atomic mass is 35.5. The molecule has 1 aromatic rings. The molecule has 0 saturated heterocycles. The van der Waals surface area contributed by atoms with Crippen LogP contribution in [0.1, 0.15) is 11.1 Å². The number of benzene rings is 1. The van der Waals surface area contributed by atoms with Gasteiger partial charge in [-0.15, -0.1) is 0 Å². The van der Waals surface area contributed by atoms with E-state index in [-0.39, 0.29) is 0 Å². The number of aryl methyl sites for hydroxylation is 1. The van der Waals surface area contributed by atoms with E-state index in [2.05, 4.69) is 0 Å². The minimum atomic E-state index is 0.436. The molecule has 0 amide bonds. The average molecular weight is 211 g/mol. The first-order valence-corrected chi connectivity index (χ1v) is 4.53. The molecular weight excluding hydrogens is 200 g/mol. The Labute approximate surface area is 88.1 Å². The molecule has 3 heteroatoms. The summed E-state index contributed by atoms with van der Waals surface area (Å²) in [6, 6.07) is 5.51. The third-order valence-corrected chi connectivity index (χ3v) is 2.23. The van der Waals surface area contributed by atoms with Crippen LogP contribution in [0.15, 0.2) is 24.3 Å². The highest BCUT2D eigenvalue weighted by Gasteiger charge is 2.02. The molecule has 1 aromatic carbocycles. The Morgan fingerprint density at radius 2 is 2.21 bits per heavy atom. The summed E-state index contributed by atoms with van der Waals surface area (Å²) in [6.45, 7) is 1.92. The van der Waals surface area contributed by atoms with E-state index in [4.69, 9.17) is 16.3 Å². The summed E-state index contributed by atoms with van der Waals surface area (Å²) in [6.07, 6.45) is 1.99. The topological polar surface area (TPSA) is 26.3 Å². The zero-order chi connectivity index (χ0) is 10.6. The van der Waals surface area contributed by atoms with Gasteiger partial charge >= 0.3 is 0 Å².